The van der Waals surface area contributed by atoms with Crippen LogP contribution >= 0.6 is 15.9 Å². The second-order valence-electron chi connectivity index (χ2n) is 6.18. The Labute approximate surface area is 175 Å². The van der Waals surface area contributed by atoms with Crippen molar-refractivity contribution in [2.24, 2.45) is 5.10 Å². The van der Waals surface area contributed by atoms with Gasteiger partial charge in [-0.2, -0.15) is 5.10 Å². The van der Waals surface area contributed by atoms with Crippen LogP contribution in [0.15, 0.2) is 52.0 Å². The van der Waals surface area contributed by atoms with E-state index >= 15 is 0 Å². The minimum Gasteiger partial charge on any atom is -0.483 e. The monoisotopic (exact) mass is 463 g/mol. The molecule has 0 atom stereocenters. The third kappa shape index (κ3) is 6.10. The number of hydrogen-bond acceptors (Lipinski definition) is 5. The lowest BCUT2D eigenvalue weighted by Gasteiger charge is -2.26. The zero-order valence-corrected chi connectivity index (χ0v) is 17.0. The standard InChI is InChI=1S/C20H19BrFN3O4/c21-17-10-14(12-23-24-20(27)15-2-1-3-16(22)11-15)4-5-18(17)29-13-19(26)25-6-8-28-9-7-25/h1-5,10-12H,6-9,13H2,(H,24,27). The number of carbonyl (C=O) groups is 2. The van der Waals surface area contributed by atoms with Gasteiger partial charge in [0, 0.05) is 18.7 Å². The Bertz CT molecular complexity index is 916. The van der Waals surface area contributed by atoms with E-state index in [-0.39, 0.29) is 18.1 Å². The fraction of sp³-hybridized carbons (Fsp3) is 0.250. The molecule has 0 bridgehead atoms. The summed E-state index contributed by atoms with van der Waals surface area (Å²) in [7, 11) is 0. The average molecular weight is 464 g/mol. The van der Waals surface area contributed by atoms with Crippen LogP contribution in [0.1, 0.15) is 15.9 Å². The summed E-state index contributed by atoms with van der Waals surface area (Å²) in [5, 5.41) is 3.87. The number of ether oxygens (including phenoxy) is 2. The van der Waals surface area contributed by atoms with Crippen LogP contribution in [0.5, 0.6) is 5.75 Å². The molecule has 3 rings (SSSR count). The molecule has 2 amide bonds. The highest BCUT2D eigenvalue weighted by Gasteiger charge is 2.17. The third-order valence-corrected chi connectivity index (χ3v) is 4.76. The number of amides is 2. The summed E-state index contributed by atoms with van der Waals surface area (Å²) in [5.41, 5.74) is 3.22. The number of rotatable bonds is 6. The van der Waals surface area contributed by atoms with Crippen LogP contribution in [0.25, 0.3) is 0 Å². The maximum absolute atomic E-state index is 13.2. The first-order chi connectivity index (χ1) is 14.0. The Hall–Kier alpha value is -2.78. The van der Waals surface area contributed by atoms with Gasteiger partial charge in [-0.25, -0.2) is 9.82 Å². The third-order valence-electron chi connectivity index (χ3n) is 4.14. The molecule has 1 aliphatic rings. The fourth-order valence-electron chi connectivity index (χ4n) is 2.62. The van der Waals surface area contributed by atoms with Gasteiger partial charge >= 0.3 is 0 Å². The van der Waals surface area contributed by atoms with Gasteiger partial charge in [0.1, 0.15) is 11.6 Å². The molecule has 1 fully saturated rings. The van der Waals surface area contributed by atoms with E-state index in [0.717, 1.165) is 6.07 Å². The maximum Gasteiger partial charge on any atom is 0.271 e. The molecule has 7 nitrogen and oxygen atoms in total. The molecule has 0 aromatic heterocycles. The minimum absolute atomic E-state index is 0.0598. The van der Waals surface area contributed by atoms with Gasteiger partial charge in [-0.3, -0.25) is 9.59 Å². The Balaban J connectivity index is 1.52. The molecule has 9 heteroatoms. The first-order valence-corrected chi connectivity index (χ1v) is 9.69. The van der Waals surface area contributed by atoms with E-state index in [1.165, 1.54) is 24.4 Å². The highest BCUT2D eigenvalue weighted by Crippen LogP contribution is 2.25. The highest BCUT2D eigenvalue weighted by atomic mass is 79.9. The van der Waals surface area contributed by atoms with E-state index in [1.54, 1.807) is 23.1 Å². The molecule has 2 aromatic carbocycles. The van der Waals surface area contributed by atoms with Gasteiger partial charge in [0.2, 0.25) is 0 Å². The lowest BCUT2D eigenvalue weighted by Crippen LogP contribution is -2.43. The summed E-state index contributed by atoms with van der Waals surface area (Å²) in [4.78, 5) is 25.8. The molecule has 0 aliphatic carbocycles. The predicted molar refractivity (Wildman–Crippen MR) is 108 cm³/mol. The van der Waals surface area contributed by atoms with E-state index in [2.05, 4.69) is 26.5 Å². The van der Waals surface area contributed by atoms with Crippen LogP contribution in [0.4, 0.5) is 4.39 Å². The molecule has 0 saturated carbocycles. The molecule has 2 aromatic rings. The quantitative estimate of drug-likeness (QED) is 0.527. The van der Waals surface area contributed by atoms with Crippen molar-refractivity contribution < 1.29 is 23.5 Å². The van der Waals surface area contributed by atoms with E-state index in [4.69, 9.17) is 9.47 Å². The summed E-state index contributed by atoms with van der Waals surface area (Å²) in [6.07, 6.45) is 1.45. The SMILES string of the molecule is O=C(NN=Cc1ccc(OCC(=O)N2CCOCC2)c(Br)c1)c1cccc(F)c1. The van der Waals surface area contributed by atoms with Crippen molar-refractivity contribution in [2.45, 2.75) is 0 Å². The first-order valence-electron chi connectivity index (χ1n) is 8.90. The number of nitrogens with one attached hydrogen (secondary N) is 1. The lowest BCUT2D eigenvalue weighted by atomic mass is 10.2. The van der Waals surface area contributed by atoms with Gasteiger partial charge < -0.3 is 14.4 Å². The zero-order chi connectivity index (χ0) is 20.6. The van der Waals surface area contributed by atoms with Crippen molar-refractivity contribution >= 4 is 34.0 Å². The molecule has 29 heavy (non-hydrogen) atoms. The molecule has 1 aliphatic heterocycles. The number of nitrogens with zero attached hydrogens (tertiary/aromatic N) is 2. The van der Waals surface area contributed by atoms with Crippen molar-refractivity contribution in [3.8, 4) is 5.75 Å². The van der Waals surface area contributed by atoms with Crippen LogP contribution in [-0.4, -0.2) is 55.8 Å². The topological polar surface area (TPSA) is 80.2 Å². The molecule has 1 N–H and O–H groups in total. The van der Waals surface area contributed by atoms with Crippen molar-refractivity contribution in [3.63, 3.8) is 0 Å². The number of hydrazone groups is 1. The summed E-state index contributed by atoms with van der Waals surface area (Å²) in [5.74, 6) is -0.576. The van der Waals surface area contributed by atoms with Crippen LogP contribution < -0.4 is 10.2 Å². The van der Waals surface area contributed by atoms with E-state index < -0.39 is 11.7 Å². The van der Waals surface area contributed by atoms with Gasteiger partial charge in [0.25, 0.3) is 11.8 Å². The molecule has 0 radical (unpaired) electrons. The van der Waals surface area contributed by atoms with Crippen LogP contribution in [0.3, 0.4) is 0 Å². The second kappa shape index (κ2) is 10.1. The summed E-state index contributed by atoms with van der Waals surface area (Å²) >= 11 is 3.40. The smallest absolute Gasteiger partial charge is 0.271 e. The first kappa shape index (κ1) is 20.9. The van der Waals surface area contributed by atoms with E-state index in [9.17, 15) is 14.0 Å². The molecule has 1 heterocycles. The fourth-order valence-corrected chi connectivity index (χ4v) is 3.13. The normalized spacial score (nSPS) is 14.1. The number of hydrogen-bond donors (Lipinski definition) is 1. The zero-order valence-electron chi connectivity index (χ0n) is 15.4. The van der Waals surface area contributed by atoms with E-state index in [1.807, 2.05) is 0 Å². The average Bonchev–Trinajstić information content (AvgIpc) is 2.73. The molecular formula is C20H19BrFN3O4. The van der Waals surface area contributed by atoms with Crippen LogP contribution in [0, 0.1) is 5.82 Å². The summed E-state index contributed by atoms with van der Waals surface area (Å²) in [6, 6.07) is 10.5. The molecular weight excluding hydrogens is 445 g/mol. The van der Waals surface area contributed by atoms with Gasteiger partial charge in [-0.05, 0) is 57.9 Å². The Morgan fingerprint density at radius 2 is 2.03 bits per heavy atom. The number of morpholine rings is 1. The Morgan fingerprint density at radius 3 is 2.76 bits per heavy atom. The van der Waals surface area contributed by atoms with Crippen molar-refractivity contribution in [1.82, 2.24) is 10.3 Å². The molecule has 1 saturated heterocycles. The number of carbonyl (C=O) groups excluding carboxylic acids is 2. The maximum atomic E-state index is 13.2. The lowest BCUT2D eigenvalue weighted by molar-refractivity contribution is -0.137. The highest BCUT2D eigenvalue weighted by molar-refractivity contribution is 9.10. The van der Waals surface area contributed by atoms with E-state index in [0.29, 0.717) is 42.1 Å². The van der Waals surface area contributed by atoms with Gasteiger partial charge in [-0.1, -0.05) is 6.07 Å². The molecule has 0 spiro atoms. The number of benzene rings is 2. The molecule has 0 unspecified atom stereocenters. The van der Waals surface area contributed by atoms with Crippen molar-refractivity contribution in [1.29, 1.82) is 0 Å². The van der Waals surface area contributed by atoms with Gasteiger partial charge in [-0.15, -0.1) is 0 Å². The minimum atomic E-state index is -0.513. The van der Waals surface area contributed by atoms with Crippen LogP contribution in [-0.2, 0) is 9.53 Å². The van der Waals surface area contributed by atoms with Crippen molar-refractivity contribution in [3.05, 3.63) is 63.9 Å². The Kier molecular flexibility index (Phi) is 7.31. The molecule has 152 valence electrons. The summed E-state index contributed by atoms with van der Waals surface area (Å²) in [6.45, 7) is 2.16. The summed E-state index contributed by atoms with van der Waals surface area (Å²) < 4.78 is 24.6. The second-order valence-corrected chi connectivity index (χ2v) is 7.04. The van der Waals surface area contributed by atoms with Gasteiger partial charge in [0.15, 0.2) is 6.61 Å². The van der Waals surface area contributed by atoms with Crippen molar-refractivity contribution in [2.75, 3.05) is 32.9 Å². The Morgan fingerprint density at radius 1 is 1.24 bits per heavy atom. The number of halogens is 2. The van der Waals surface area contributed by atoms with Gasteiger partial charge in [0.05, 0.1) is 23.9 Å². The van der Waals surface area contributed by atoms with Crippen LogP contribution in [0.2, 0.25) is 0 Å². The predicted octanol–water partition coefficient (Wildman–Crippen LogP) is 2.59. The largest absolute Gasteiger partial charge is 0.483 e.